The third kappa shape index (κ3) is 4.42. The van der Waals surface area contributed by atoms with Crippen LogP contribution in [0.4, 0.5) is 0 Å². The average molecular weight is 459 g/mol. The highest BCUT2D eigenvalue weighted by Crippen LogP contribution is 2.34. The van der Waals surface area contributed by atoms with E-state index in [1.807, 2.05) is 37.5 Å². The number of hydrogen-bond donors (Lipinski definition) is 2. The maximum Gasteiger partial charge on any atom is 0.259 e. The summed E-state index contributed by atoms with van der Waals surface area (Å²) in [5.41, 5.74) is 6.14. The number of primary amides is 1. The molecule has 0 fully saturated rings. The van der Waals surface area contributed by atoms with E-state index in [9.17, 15) is 9.59 Å². The van der Waals surface area contributed by atoms with Crippen LogP contribution in [0, 0.1) is 13.8 Å². The highest BCUT2D eigenvalue weighted by Gasteiger charge is 2.21. The second kappa shape index (κ2) is 8.67. The minimum absolute atomic E-state index is 0.131. The first-order valence-electron chi connectivity index (χ1n) is 9.72. The maximum atomic E-state index is 12.6. The fraction of sp³-hybridized carbons (Fsp3) is 0.350. The van der Waals surface area contributed by atoms with Gasteiger partial charge in [-0.1, -0.05) is 11.8 Å². The van der Waals surface area contributed by atoms with E-state index in [-0.39, 0.29) is 17.2 Å². The van der Waals surface area contributed by atoms with E-state index in [0.29, 0.717) is 35.2 Å². The van der Waals surface area contributed by atoms with Gasteiger partial charge in [0.2, 0.25) is 5.91 Å². The van der Waals surface area contributed by atoms with Gasteiger partial charge in [-0.15, -0.1) is 21.5 Å². The molecule has 0 saturated carbocycles. The van der Waals surface area contributed by atoms with Crippen molar-refractivity contribution in [1.29, 1.82) is 0 Å². The summed E-state index contributed by atoms with van der Waals surface area (Å²) >= 11 is 2.95. The fourth-order valence-corrected chi connectivity index (χ4v) is 5.18. The number of thioether (sulfide) groups is 1. The van der Waals surface area contributed by atoms with Crippen LogP contribution in [0.2, 0.25) is 0 Å². The summed E-state index contributed by atoms with van der Waals surface area (Å²) in [7, 11) is 0. The van der Waals surface area contributed by atoms with Crippen molar-refractivity contribution in [2.45, 2.75) is 50.6 Å². The standard InChI is InChI=1S/C20H22N6O3S2/c1-10-11(2)30-19-16(10)18(28)22-17(23-19)12(3)31-20-25-24-15(7-6-14(21)27)26(20)9-13-5-4-8-29-13/h4-5,8,12H,6-7,9H2,1-3H3,(H2,21,27)(H,22,23,28). The van der Waals surface area contributed by atoms with Gasteiger partial charge >= 0.3 is 0 Å². The molecular formula is C20H22N6O3S2. The normalized spacial score (nSPS) is 12.5. The summed E-state index contributed by atoms with van der Waals surface area (Å²) < 4.78 is 7.38. The quantitative estimate of drug-likeness (QED) is 0.388. The molecule has 0 saturated heterocycles. The predicted molar refractivity (Wildman–Crippen MR) is 119 cm³/mol. The van der Waals surface area contributed by atoms with Gasteiger partial charge in [0.05, 0.1) is 23.4 Å². The molecule has 0 bridgehead atoms. The monoisotopic (exact) mass is 458 g/mol. The molecule has 0 spiro atoms. The first-order valence-corrected chi connectivity index (χ1v) is 11.4. The van der Waals surface area contributed by atoms with Crippen molar-refractivity contribution in [3.05, 3.63) is 56.6 Å². The number of thiophene rings is 1. The van der Waals surface area contributed by atoms with Crippen molar-refractivity contribution in [2.24, 2.45) is 5.73 Å². The van der Waals surface area contributed by atoms with Crippen LogP contribution < -0.4 is 11.3 Å². The van der Waals surface area contributed by atoms with E-state index in [2.05, 4.69) is 15.2 Å². The van der Waals surface area contributed by atoms with Crippen molar-refractivity contribution < 1.29 is 9.21 Å². The molecule has 4 aromatic rings. The van der Waals surface area contributed by atoms with E-state index in [1.54, 1.807) is 6.26 Å². The van der Waals surface area contributed by atoms with Gasteiger partial charge in [0.25, 0.3) is 5.56 Å². The van der Waals surface area contributed by atoms with Crippen LogP contribution in [0.25, 0.3) is 10.2 Å². The van der Waals surface area contributed by atoms with Crippen molar-refractivity contribution in [3.63, 3.8) is 0 Å². The van der Waals surface area contributed by atoms with Crippen LogP contribution in [-0.4, -0.2) is 30.6 Å². The molecule has 0 aliphatic carbocycles. The van der Waals surface area contributed by atoms with E-state index in [1.165, 1.54) is 23.1 Å². The minimum atomic E-state index is -0.397. The van der Waals surface area contributed by atoms with Crippen LogP contribution in [0.15, 0.2) is 32.8 Å². The van der Waals surface area contributed by atoms with Gasteiger partial charge in [0, 0.05) is 17.7 Å². The summed E-state index contributed by atoms with van der Waals surface area (Å²) in [5, 5.41) is 9.68. The minimum Gasteiger partial charge on any atom is -0.467 e. The molecular weight excluding hydrogens is 436 g/mol. The van der Waals surface area contributed by atoms with E-state index < -0.39 is 5.91 Å². The number of amides is 1. The lowest BCUT2D eigenvalue weighted by Gasteiger charge is -2.12. The van der Waals surface area contributed by atoms with Gasteiger partial charge in [0.1, 0.15) is 22.2 Å². The zero-order valence-electron chi connectivity index (χ0n) is 17.3. The molecule has 1 amide bonds. The largest absolute Gasteiger partial charge is 0.467 e. The number of carbonyl (C=O) groups is 1. The molecule has 0 aliphatic rings. The van der Waals surface area contributed by atoms with Gasteiger partial charge in [-0.2, -0.15) is 0 Å². The van der Waals surface area contributed by atoms with Gasteiger partial charge in [-0.25, -0.2) is 4.98 Å². The van der Waals surface area contributed by atoms with Crippen LogP contribution in [-0.2, 0) is 17.8 Å². The summed E-state index contributed by atoms with van der Waals surface area (Å²) in [6.07, 6.45) is 2.17. The lowest BCUT2D eigenvalue weighted by Crippen LogP contribution is -2.14. The third-order valence-corrected chi connectivity index (χ3v) is 7.20. The van der Waals surface area contributed by atoms with Crippen molar-refractivity contribution >= 4 is 39.2 Å². The second-order valence-corrected chi connectivity index (χ2v) is 9.72. The Morgan fingerprint density at radius 3 is 2.90 bits per heavy atom. The first-order chi connectivity index (χ1) is 14.8. The first kappa shape index (κ1) is 21.3. The van der Waals surface area contributed by atoms with Crippen LogP contribution in [0.5, 0.6) is 0 Å². The number of nitrogens with two attached hydrogens (primary N) is 1. The number of nitrogens with zero attached hydrogens (tertiary/aromatic N) is 4. The topological polar surface area (TPSA) is 133 Å². The van der Waals surface area contributed by atoms with Gasteiger partial charge in [-0.05, 0) is 38.5 Å². The van der Waals surface area contributed by atoms with Crippen LogP contribution in [0.1, 0.15) is 46.4 Å². The molecule has 162 valence electrons. The SMILES string of the molecule is Cc1sc2nc(C(C)Sc3nnc(CCC(N)=O)n3Cc3ccco3)[nH]c(=O)c2c1C. The van der Waals surface area contributed by atoms with E-state index in [0.717, 1.165) is 21.0 Å². The van der Waals surface area contributed by atoms with E-state index >= 15 is 0 Å². The molecule has 0 aliphatic heterocycles. The summed E-state index contributed by atoms with van der Waals surface area (Å²) in [4.78, 5) is 33.3. The highest BCUT2D eigenvalue weighted by atomic mass is 32.2. The van der Waals surface area contributed by atoms with Crippen molar-refractivity contribution in [1.82, 2.24) is 24.7 Å². The fourth-order valence-electron chi connectivity index (χ4n) is 3.22. The number of aromatic nitrogens is 5. The molecule has 4 aromatic heterocycles. The van der Waals surface area contributed by atoms with Crippen molar-refractivity contribution in [2.75, 3.05) is 0 Å². The second-order valence-electron chi connectivity index (χ2n) is 7.21. The average Bonchev–Trinajstić information content (AvgIpc) is 3.42. The van der Waals surface area contributed by atoms with E-state index in [4.69, 9.17) is 15.1 Å². The Bertz CT molecular complexity index is 1290. The number of aryl methyl sites for hydroxylation is 3. The summed E-state index contributed by atoms with van der Waals surface area (Å²) in [5.74, 6) is 1.57. The van der Waals surface area contributed by atoms with Gasteiger partial charge < -0.3 is 15.1 Å². The number of hydrogen-bond acceptors (Lipinski definition) is 8. The number of aromatic amines is 1. The molecule has 9 nitrogen and oxygen atoms in total. The molecule has 11 heteroatoms. The molecule has 1 atom stereocenters. The lowest BCUT2D eigenvalue weighted by molar-refractivity contribution is -0.118. The highest BCUT2D eigenvalue weighted by molar-refractivity contribution is 7.99. The Kier molecular flexibility index (Phi) is 5.96. The number of fused-ring (bicyclic) bond motifs is 1. The lowest BCUT2D eigenvalue weighted by atomic mass is 10.2. The summed E-state index contributed by atoms with van der Waals surface area (Å²) in [6.45, 7) is 6.31. The van der Waals surface area contributed by atoms with Crippen LogP contribution >= 0.6 is 23.1 Å². The maximum absolute atomic E-state index is 12.6. The summed E-state index contributed by atoms with van der Waals surface area (Å²) in [6, 6.07) is 3.68. The number of H-pyrrole nitrogens is 1. The molecule has 31 heavy (non-hydrogen) atoms. The Labute approximate surface area is 186 Å². The van der Waals surface area contributed by atoms with Crippen LogP contribution in [0.3, 0.4) is 0 Å². The molecule has 3 N–H and O–H groups in total. The molecule has 0 aromatic carbocycles. The smallest absolute Gasteiger partial charge is 0.259 e. The molecule has 4 rings (SSSR count). The van der Waals surface area contributed by atoms with Gasteiger partial charge in [0.15, 0.2) is 5.16 Å². The Hall–Kier alpha value is -2.92. The number of carbonyl (C=O) groups excluding carboxylic acids is 1. The Balaban J connectivity index is 1.64. The number of nitrogens with one attached hydrogen (secondary N) is 1. The molecule has 0 radical (unpaired) electrons. The number of rotatable bonds is 8. The molecule has 1 unspecified atom stereocenters. The van der Waals surface area contributed by atoms with Crippen molar-refractivity contribution in [3.8, 4) is 0 Å². The van der Waals surface area contributed by atoms with Gasteiger partial charge in [-0.3, -0.25) is 14.2 Å². The Morgan fingerprint density at radius 2 is 2.19 bits per heavy atom. The Morgan fingerprint density at radius 1 is 1.39 bits per heavy atom. The number of furan rings is 1. The zero-order valence-corrected chi connectivity index (χ0v) is 19.0. The third-order valence-electron chi connectivity index (χ3n) is 5.01. The molecule has 4 heterocycles. The predicted octanol–water partition coefficient (Wildman–Crippen LogP) is 3.11. The zero-order chi connectivity index (χ0) is 22.1.